The van der Waals surface area contributed by atoms with Crippen molar-refractivity contribution in [3.63, 3.8) is 0 Å². The fourth-order valence-electron chi connectivity index (χ4n) is 1.85. The fraction of sp³-hybridized carbons (Fsp3) is 0.200. The molecule has 20 heavy (non-hydrogen) atoms. The lowest BCUT2D eigenvalue weighted by molar-refractivity contribution is 0.0598. The molecule has 0 bridgehead atoms. The van der Waals surface area contributed by atoms with Crippen molar-refractivity contribution in [3.05, 3.63) is 53.0 Å². The highest BCUT2D eigenvalue weighted by molar-refractivity contribution is 7.99. The van der Waals surface area contributed by atoms with Crippen molar-refractivity contribution >= 4 is 17.7 Å². The number of methoxy groups -OCH3 is 1. The summed E-state index contributed by atoms with van der Waals surface area (Å²) >= 11 is 1.39. The van der Waals surface area contributed by atoms with Gasteiger partial charge in [-0.1, -0.05) is 11.8 Å². The minimum Gasteiger partial charge on any atom is -0.465 e. The molecule has 5 heteroatoms. The number of aromatic nitrogens is 1. The van der Waals surface area contributed by atoms with Crippen molar-refractivity contribution in [2.24, 2.45) is 0 Å². The lowest BCUT2D eigenvalue weighted by Crippen LogP contribution is -2.08. The number of carbonyl (C=O) groups is 1. The van der Waals surface area contributed by atoms with E-state index in [4.69, 9.17) is 4.74 Å². The van der Waals surface area contributed by atoms with Crippen LogP contribution in [-0.4, -0.2) is 18.1 Å². The number of ether oxygens (including phenoxy) is 1. The van der Waals surface area contributed by atoms with Crippen LogP contribution in [0.25, 0.3) is 0 Å². The first-order chi connectivity index (χ1) is 9.52. The molecule has 1 aromatic carbocycles. The molecule has 2 aromatic rings. The van der Waals surface area contributed by atoms with Crippen LogP contribution in [0.2, 0.25) is 0 Å². The third kappa shape index (κ3) is 2.99. The number of hydrogen-bond acceptors (Lipinski definition) is 4. The van der Waals surface area contributed by atoms with Gasteiger partial charge in [0.2, 0.25) is 0 Å². The van der Waals surface area contributed by atoms with Crippen molar-refractivity contribution in [2.75, 3.05) is 7.11 Å². The van der Waals surface area contributed by atoms with Gasteiger partial charge in [-0.3, -0.25) is 0 Å². The molecule has 0 fully saturated rings. The zero-order valence-corrected chi connectivity index (χ0v) is 12.3. The van der Waals surface area contributed by atoms with E-state index in [0.29, 0.717) is 10.6 Å². The molecule has 0 N–H and O–H groups in total. The lowest BCUT2D eigenvalue weighted by Gasteiger charge is -2.11. The third-order valence-corrected chi connectivity index (χ3v) is 4.00. The normalized spacial score (nSPS) is 10.4. The molecule has 0 radical (unpaired) electrons. The lowest BCUT2D eigenvalue weighted by atomic mass is 10.1. The molecule has 104 valence electrons. The van der Waals surface area contributed by atoms with Gasteiger partial charge in [0.15, 0.2) is 0 Å². The van der Waals surface area contributed by atoms with Crippen LogP contribution in [0.15, 0.2) is 40.4 Å². The number of nitrogens with zero attached hydrogens (tertiary/aromatic N) is 1. The van der Waals surface area contributed by atoms with Crippen molar-refractivity contribution < 1.29 is 13.9 Å². The minimum absolute atomic E-state index is 0.279. The first kappa shape index (κ1) is 14.5. The van der Waals surface area contributed by atoms with Crippen LogP contribution in [0.1, 0.15) is 21.5 Å². The molecular weight excluding hydrogens is 277 g/mol. The summed E-state index contributed by atoms with van der Waals surface area (Å²) in [4.78, 5) is 17.0. The van der Waals surface area contributed by atoms with Crippen molar-refractivity contribution in [1.82, 2.24) is 4.98 Å². The van der Waals surface area contributed by atoms with Gasteiger partial charge in [0.05, 0.1) is 12.7 Å². The molecule has 3 nitrogen and oxygen atoms in total. The number of hydrogen-bond donors (Lipinski definition) is 0. The van der Waals surface area contributed by atoms with Gasteiger partial charge in [-0.2, -0.15) is 0 Å². The standard InChI is InChI=1S/C15H14FNO2S/c1-9-8-17-14(10(2)13(9)15(18)19-3)20-12-6-4-11(16)5-7-12/h4-8H,1-3H3. The zero-order valence-electron chi connectivity index (χ0n) is 11.4. The molecule has 0 aliphatic carbocycles. The summed E-state index contributed by atoms with van der Waals surface area (Å²) in [5, 5.41) is 0.711. The Morgan fingerprint density at radius 1 is 1.25 bits per heavy atom. The van der Waals surface area contributed by atoms with E-state index < -0.39 is 0 Å². The Morgan fingerprint density at radius 3 is 2.50 bits per heavy atom. The van der Waals surface area contributed by atoms with Crippen LogP contribution in [0.5, 0.6) is 0 Å². The van der Waals surface area contributed by atoms with E-state index in [0.717, 1.165) is 16.0 Å². The highest BCUT2D eigenvalue weighted by atomic mass is 32.2. The number of halogens is 1. The number of rotatable bonds is 3. The predicted molar refractivity (Wildman–Crippen MR) is 75.6 cm³/mol. The van der Waals surface area contributed by atoms with Crippen LogP contribution in [-0.2, 0) is 4.74 Å². The number of aryl methyl sites for hydroxylation is 1. The second-order valence-electron chi connectivity index (χ2n) is 4.29. The Bertz CT molecular complexity index is 641. The zero-order chi connectivity index (χ0) is 14.7. The Kier molecular flexibility index (Phi) is 4.39. The van der Waals surface area contributed by atoms with Gasteiger partial charge in [-0.05, 0) is 49.2 Å². The van der Waals surface area contributed by atoms with E-state index in [-0.39, 0.29) is 11.8 Å². The molecule has 0 spiro atoms. The Balaban J connectivity index is 2.38. The minimum atomic E-state index is -0.372. The molecule has 1 heterocycles. The first-order valence-corrected chi connectivity index (χ1v) is 6.82. The fourth-order valence-corrected chi connectivity index (χ4v) is 2.71. The highest BCUT2D eigenvalue weighted by Crippen LogP contribution is 2.31. The van der Waals surface area contributed by atoms with Crippen LogP contribution in [0, 0.1) is 19.7 Å². The van der Waals surface area contributed by atoms with Crippen LogP contribution < -0.4 is 0 Å². The summed E-state index contributed by atoms with van der Waals surface area (Å²) in [6.45, 7) is 3.65. The third-order valence-electron chi connectivity index (χ3n) is 2.88. The van der Waals surface area contributed by atoms with E-state index in [1.165, 1.54) is 31.0 Å². The quantitative estimate of drug-likeness (QED) is 0.807. The highest BCUT2D eigenvalue weighted by Gasteiger charge is 2.17. The van der Waals surface area contributed by atoms with Gasteiger partial charge in [-0.15, -0.1) is 0 Å². The summed E-state index contributed by atoms with van der Waals surface area (Å²) in [5.74, 6) is -0.651. The number of pyridine rings is 1. The topological polar surface area (TPSA) is 39.2 Å². The predicted octanol–water partition coefficient (Wildman–Crippen LogP) is 3.78. The van der Waals surface area contributed by atoms with Crippen molar-refractivity contribution in [2.45, 2.75) is 23.8 Å². The smallest absolute Gasteiger partial charge is 0.338 e. The Labute approximate surface area is 121 Å². The van der Waals surface area contributed by atoms with Gasteiger partial charge in [0, 0.05) is 11.1 Å². The molecular formula is C15H14FNO2S. The molecule has 0 aliphatic heterocycles. The maximum Gasteiger partial charge on any atom is 0.338 e. The molecule has 1 aromatic heterocycles. The second-order valence-corrected chi connectivity index (χ2v) is 5.36. The number of carbonyl (C=O) groups excluding carboxylic acids is 1. The van der Waals surface area contributed by atoms with E-state index >= 15 is 0 Å². The van der Waals surface area contributed by atoms with Crippen LogP contribution in [0.4, 0.5) is 4.39 Å². The van der Waals surface area contributed by atoms with E-state index in [1.807, 2.05) is 13.8 Å². The van der Waals surface area contributed by atoms with Gasteiger partial charge >= 0.3 is 5.97 Å². The van der Waals surface area contributed by atoms with E-state index in [9.17, 15) is 9.18 Å². The molecule has 0 unspecified atom stereocenters. The maximum absolute atomic E-state index is 12.9. The van der Waals surface area contributed by atoms with Crippen LogP contribution >= 0.6 is 11.8 Å². The largest absolute Gasteiger partial charge is 0.465 e. The molecule has 0 amide bonds. The summed E-state index contributed by atoms with van der Waals surface area (Å²) in [5.41, 5.74) is 2.08. The maximum atomic E-state index is 12.9. The summed E-state index contributed by atoms with van der Waals surface area (Å²) in [6, 6.07) is 6.15. The van der Waals surface area contributed by atoms with Crippen LogP contribution in [0.3, 0.4) is 0 Å². The SMILES string of the molecule is COC(=O)c1c(C)cnc(Sc2ccc(F)cc2)c1C. The molecule has 2 rings (SSSR count). The first-order valence-electron chi connectivity index (χ1n) is 6.01. The Hall–Kier alpha value is -1.88. The average molecular weight is 291 g/mol. The van der Waals surface area contributed by atoms with Crippen molar-refractivity contribution in [1.29, 1.82) is 0 Å². The molecule has 0 atom stereocenters. The Morgan fingerprint density at radius 2 is 1.90 bits per heavy atom. The molecule has 0 saturated carbocycles. The van der Waals surface area contributed by atoms with Crippen molar-refractivity contribution in [3.8, 4) is 0 Å². The van der Waals surface area contributed by atoms with Gasteiger partial charge < -0.3 is 4.74 Å². The number of benzene rings is 1. The summed E-state index contributed by atoms with van der Waals surface area (Å²) in [7, 11) is 1.36. The monoisotopic (exact) mass is 291 g/mol. The van der Waals surface area contributed by atoms with Gasteiger partial charge in [-0.25, -0.2) is 14.2 Å². The molecule has 0 saturated heterocycles. The van der Waals surface area contributed by atoms with Gasteiger partial charge in [0.25, 0.3) is 0 Å². The number of esters is 1. The van der Waals surface area contributed by atoms with Gasteiger partial charge in [0.1, 0.15) is 10.8 Å². The average Bonchev–Trinajstić information content (AvgIpc) is 2.44. The molecule has 0 aliphatic rings. The summed E-state index contributed by atoms with van der Waals surface area (Å²) in [6.07, 6.45) is 1.64. The summed E-state index contributed by atoms with van der Waals surface area (Å²) < 4.78 is 17.7. The van der Waals surface area contributed by atoms with E-state index in [2.05, 4.69) is 4.98 Å². The van der Waals surface area contributed by atoms with E-state index in [1.54, 1.807) is 18.3 Å². The second kappa shape index (κ2) is 6.05.